The summed E-state index contributed by atoms with van der Waals surface area (Å²) in [6.07, 6.45) is 7.00. The molecule has 0 bridgehead atoms. The zero-order valence-electron chi connectivity index (χ0n) is 16.7. The summed E-state index contributed by atoms with van der Waals surface area (Å²) in [5.74, 6) is 1.36. The lowest BCUT2D eigenvalue weighted by Gasteiger charge is -2.29. The van der Waals surface area contributed by atoms with E-state index in [9.17, 15) is 4.79 Å². The fraction of sp³-hybridized carbons (Fsp3) is 0.381. The van der Waals surface area contributed by atoms with Gasteiger partial charge < -0.3 is 15.5 Å². The number of carbonyl (C=O) groups is 1. The van der Waals surface area contributed by atoms with Crippen molar-refractivity contribution >= 4 is 28.7 Å². The fourth-order valence-corrected chi connectivity index (χ4v) is 3.56. The van der Waals surface area contributed by atoms with Crippen molar-refractivity contribution in [2.24, 2.45) is 0 Å². The molecule has 0 radical (unpaired) electrons. The summed E-state index contributed by atoms with van der Waals surface area (Å²) in [4.78, 5) is 32.1. The molecular formula is C21H25N7O. The minimum atomic E-state index is -0.165. The van der Waals surface area contributed by atoms with Crippen LogP contribution >= 0.6 is 0 Å². The lowest BCUT2D eigenvalue weighted by atomic mass is 9.91. The summed E-state index contributed by atoms with van der Waals surface area (Å²) in [5.41, 5.74) is 1.88. The van der Waals surface area contributed by atoms with Crippen molar-refractivity contribution in [3.8, 4) is 0 Å². The fourth-order valence-electron chi connectivity index (χ4n) is 3.56. The largest absolute Gasteiger partial charge is 0.363 e. The molecule has 150 valence electrons. The highest BCUT2D eigenvalue weighted by Crippen LogP contribution is 2.22. The Labute approximate surface area is 169 Å². The highest BCUT2D eigenvalue weighted by Gasteiger charge is 2.24. The number of fused-ring (bicyclic) bond motifs is 1. The second kappa shape index (κ2) is 8.38. The molecule has 8 nitrogen and oxygen atoms in total. The van der Waals surface area contributed by atoms with Gasteiger partial charge in [-0.05, 0) is 43.9 Å². The maximum atomic E-state index is 12.6. The predicted octanol–water partition coefficient (Wildman–Crippen LogP) is 2.64. The van der Waals surface area contributed by atoms with Crippen molar-refractivity contribution in [3.63, 3.8) is 0 Å². The van der Waals surface area contributed by atoms with Crippen molar-refractivity contribution in [1.82, 2.24) is 25.3 Å². The maximum absolute atomic E-state index is 12.6. The average Bonchev–Trinajstić information content (AvgIpc) is 2.75. The van der Waals surface area contributed by atoms with Gasteiger partial charge in [-0.3, -0.25) is 9.78 Å². The van der Waals surface area contributed by atoms with Crippen LogP contribution in [0, 0.1) is 0 Å². The number of aromatic nitrogens is 4. The summed E-state index contributed by atoms with van der Waals surface area (Å²) in [6, 6.07) is 9.88. The van der Waals surface area contributed by atoms with E-state index < -0.39 is 0 Å². The number of rotatable bonds is 5. The Kier molecular flexibility index (Phi) is 5.50. The molecule has 0 spiro atoms. The molecule has 2 N–H and O–H groups in total. The van der Waals surface area contributed by atoms with Crippen LogP contribution in [0.3, 0.4) is 0 Å². The van der Waals surface area contributed by atoms with Crippen LogP contribution in [0.15, 0.2) is 42.7 Å². The summed E-state index contributed by atoms with van der Waals surface area (Å²) in [7, 11) is 3.92. The third kappa shape index (κ3) is 4.59. The van der Waals surface area contributed by atoms with Crippen LogP contribution in [0.1, 0.15) is 36.2 Å². The van der Waals surface area contributed by atoms with E-state index >= 15 is 0 Å². The number of anilines is 2. The van der Waals surface area contributed by atoms with Gasteiger partial charge in [0, 0.05) is 32.4 Å². The first-order chi connectivity index (χ1) is 14.1. The summed E-state index contributed by atoms with van der Waals surface area (Å²) in [5, 5.41) is 6.52. The topological polar surface area (TPSA) is 95.9 Å². The Bertz CT molecular complexity index is 999. The molecule has 0 saturated heterocycles. The molecule has 4 rings (SSSR count). The maximum Gasteiger partial charge on any atom is 0.271 e. The molecule has 1 aliphatic rings. The first-order valence-electron chi connectivity index (χ1n) is 9.88. The third-order valence-electron chi connectivity index (χ3n) is 5.18. The van der Waals surface area contributed by atoms with Crippen LogP contribution in [0.25, 0.3) is 11.0 Å². The molecule has 29 heavy (non-hydrogen) atoms. The molecule has 0 aliphatic heterocycles. The molecule has 3 aromatic rings. The van der Waals surface area contributed by atoms with Crippen LogP contribution in [-0.4, -0.2) is 52.0 Å². The molecule has 8 heteroatoms. The van der Waals surface area contributed by atoms with E-state index in [2.05, 4.69) is 30.6 Å². The number of hydrogen-bond donors (Lipinski definition) is 2. The van der Waals surface area contributed by atoms with E-state index in [1.165, 1.54) is 0 Å². The first-order valence-corrected chi connectivity index (χ1v) is 9.88. The number of nitrogens with one attached hydrogen (secondary N) is 2. The van der Waals surface area contributed by atoms with E-state index in [0.717, 1.165) is 42.5 Å². The lowest BCUT2D eigenvalue weighted by molar-refractivity contribution is 0.0921. The molecule has 1 amide bonds. The van der Waals surface area contributed by atoms with Gasteiger partial charge in [-0.1, -0.05) is 12.1 Å². The minimum Gasteiger partial charge on any atom is -0.363 e. The summed E-state index contributed by atoms with van der Waals surface area (Å²) >= 11 is 0. The van der Waals surface area contributed by atoms with Crippen LogP contribution < -0.4 is 15.5 Å². The number of benzene rings is 1. The SMILES string of the molecule is CN(C)c1ccnc(NC2CCC(NC(=O)c3cnc4ccccc4n3)CC2)n1. The normalized spacial score (nSPS) is 19.0. The van der Waals surface area contributed by atoms with Crippen LogP contribution in [0.2, 0.25) is 0 Å². The number of hydrogen-bond acceptors (Lipinski definition) is 7. The van der Waals surface area contributed by atoms with Gasteiger partial charge in [0.2, 0.25) is 5.95 Å². The number of amides is 1. The van der Waals surface area contributed by atoms with Crippen molar-refractivity contribution in [3.05, 3.63) is 48.4 Å². The minimum absolute atomic E-state index is 0.142. The van der Waals surface area contributed by atoms with E-state index in [-0.39, 0.29) is 11.9 Å². The number of nitrogens with zero attached hydrogens (tertiary/aromatic N) is 5. The second-order valence-corrected chi connectivity index (χ2v) is 7.54. The molecule has 1 aliphatic carbocycles. The van der Waals surface area contributed by atoms with E-state index in [1.54, 1.807) is 12.4 Å². The van der Waals surface area contributed by atoms with Gasteiger partial charge in [-0.15, -0.1) is 0 Å². The number of para-hydroxylation sites is 2. The zero-order valence-corrected chi connectivity index (χ0v) is 16.7. The molecule has 0 unspecified atom stereocenters. The quantitative estimate of drug-likeness (QED) is 0.690. The first kappa shape index (κ1) is 19.0. The monoisotopic (exact) mass is 391 g/mol. The zero-order chi connectivity index (χ0) is 20.2. The smallest absolute Gasteiger partial charge is 0.271 e. The Morgan fingerprint density at radius 3 is 2.45 bits per heavy atom. The van der Waals surface area contributed by atoms with Crippen LogP contribution in [0.4, 0.5) is 11.8 Å². The van der Waals surface area contributed by atoms with E-state index in [0.29, 0.717) is 17.7 Å². The molecule has 1 aromatic carbocycles. The molecule has 2 heterocycles. The van der Waals surface area contributed by atoms with Crippen molar-refractivity contribution in [2.45, 2.75) is 37.8 Å². The second-order valence-electron chi connectivity index (χ2n) is 7.54. The van der Waals surface area contributed by atoms with Gasteiger partial charge in [0.25, 0.3) is 5.91 Å². The average molecular weight is 391 g/mol. The standard InChI is InChI=1S/C21H25N7O/c1-28(2)19-11-12-22-21(27-19)25-15-9-7-14(8-10-15)24-20(29)18-13-23-16-5-3-4-6-17(16)26-18/h3-6,11-15H,7-10H2,1-2H3,(H,24,29)(H,22,25,27). The third-order valence-corrected chi connectivity index (χ3v) is 5.18. The van der Waals surface area contributed by atoms with Crippen LogP contribution in [-0.2, 0) is 0 Å². The Morgan fingerprint density at radius 2 is 1.69 bits per heavy atom. The molecule has 1 saturated carbocycles. The number of carbonyl (C=O) groups excluding carboxylic acids is 1. The Hall–Kier alpha value is -3.29. The molecular weight excluding hydrogens is 366 g/mol. The van der Waals surface area contributed by atoms with E-state index in [1.807, 2.05) is 49.3 Å². The van der Waals surface area contributed by atoms with Gasteiger partial charge >= 0.3 is 0 Å². The summed E-state index contributed by atoms with van der Waals surface area (Å²) in [6.45, 7) is 0. The Morgan fingerprint density at radius 1 is 0.966 bits per heavy atom. The Balaban J connectivity index is 1.31. The van der Waals surface area contributed by atoms with Gasteiger partial charge in [0.05, 0.1) is 17.2 Å². The predicted molar refractivity (Wildman–Crippen MR) is 113 cm³/mol. The van der Waals surface area contributed by atoms with Gasteiger partial charge in [0.1, 0.15) is 11.5 Å². The van der Waals surface area contributed by atoms with Crippen LogP contribution in [0.5, 0.6) is 0 Å². The van der Waals surface area contributed by atoms with Crippen molar-refractivity contribution in [2.75, 3.05) is 24.3 Å². The van der Waals surface area contributed by atoms with Crippen molar-refractivity contribution < 1.29 is 4.79 Å². The van der Waals surface area contributed by atoms with E-state index in [4.69, 9.17) is 0 Å². The molecule has 2 aromatic heterocycles. The van der Waals surface area contributed by atoms with Gasteiger partial charge in [0.15, 0.2) is 0 Å². The van der Waals surface area contributed by atoms with Gasteiger partial charge in [-0.2, -0.15) is 4.98 Å². The summed E-state index contributed by atoms with van der Waals surface area (Å²) < 4.78 is 0. The van der Waals surface area contributed by atoms with Gasteiger partial charge in [-0.25, -0.2) is 9.97 Å². The lowest BCUT2D eigenvalue weighted by Crippen LogP contribution is -2.40. The highest BCUT2D eigenvalue weighted by molar-refractivity contribution is 5.93. The molecule has 0 atom stereocenters. The van der Waals surface area contributed by atoms with Crippen molar-refractivity contribution in [1.29, 1.82) is 0 Å². The molecule has 1 fully saturated rings. The highest BCUT2D eigenvalue weighted by atomic mass is 16.1.